The fourth-order valence-corrected chi connectivity index (χ4v) is 1.87. The molecule has 1 aromatic carbocycles. The van der Waals surface area contributed by atoms with Crippen LogP contribution in [-0.4, -0.2) is 26.2 Å². The fraction of sp³-hybridized carbons (Fsp3) is 0.429. The topological polar surface area (TPSA) is 52.6 Å². The SMILES string of the molecule is COC(=O)CC(C(=O)OC)C(C)c1ccccc1. The van der Waals surface area contributed by atoms with E-state index in [4.69, 9.17) is 4.74 Å². The Morgan fingerprint density at radius 2 is 1.72 bits per heavy atom. The Labute approximate surface area is 107 Å². The quantitative estimate of drug-likeness (QED) is 0.751. The highest BCUT2D eigenvalue weighted by molar-refractivity contribution is 5.80. The summed E-state index contributed by atoms with van der Waals surface area (Å²) >= 11 is 0. The van der Waals surface area contributed by atoms with Gasteiger partial charge >= 0.3 is 11.9 Å². The number of carbonyl (C=O) groups excluding carboxylic acids is 2. The molecule has 0 N–H and O–H groups in total. The van der Waals surface area contributed by atoms with Crippen LogP contribution in [0.25, 0.3) is 0 Å². The lowest BCUT2D eigenvalue weighted by Crippen LogP contribution is -2.25. The number of hydrogen-bond donors (Lipinski definition) is 0. The zero-order valence-electron chi connectivity index (χ0n) is 10.9. The molecule has 0 aliphatic carbocycles. The number of benzene rings is 1. The predicted molar refractivity (Wildman–Crippen MR) is 67.0 cm³/mol. The van der Waals surface area contributed by atoms with Crippen LogP contribution in [0.4, 0.5) is 0 Å². The maximum absolute atomic E-state index is 11.7. The van der Waals surface area contributed by atoms with Crippen molar-refractivity contribution in [1.29, 1.82) is 0 Å². The number of hydrogen-bond acceptors (Lipinski definition) is 4. The van der Waals surface area contributed by atoms with Gasteiger partial charge in [0.15, 0.2) is 0 Å². The molecule has 0 amide bonds. The molecule has 98 valence electrons. The highest BCUT2D eigenvalue weighted by Crippen LogP contribution is 2.28. The standard InChI is InChI=1S/C14H18O4/c1-10(11-7-5-4-6-8-11)12(14(16)18-3)9-13(15)17-2/h4-8,10,12H,9H2,1-3H3. The van der Waals surface area contributed by atoms with E-state index in [0.717, 1.165) is 5.56 Å². The summed E-state index contributed by atoms with van der Waals surface area (Å²) in [5.41, 5.74) is 0.997. The minimum absolute atomic E-state index is 0.0270. The Bertz CT molecular complexity index is 400. The van der Waals surface area contributed by atoms with Crippen LogP contribution < -0.4 is 0 Å². The van der Waals surface area contributed by atoms with Crippen LogP contribution in [0, 0.1) is 5.92 Å². The van der Waals surface area contributed by atoms with Crippen LogP contribution in [0.3, 0.4) is 0 Å². The predicted octanol–water partition coefficient (Wildman–Crippen LogP) is 2.14. The first kappa shape index (κ1) is 14.2. The number of rotatable bonds is 5. The average molecular weight is 250 g/mol. The Morgan fingerprint density at radius 3 is 2.22 bits per heavy atom. The monoisotopic (exact) mass is 250 g/mol. The largest absolute Gasteiger partial charge is 0.469 e. The molecule has 0 saturated carbocycles. The highest BCUT2D eigenvalue weighted by Gasteiger charge is 2.29. The van der Waals surface area contributed by atoms with Crippen LogP contribution in [-0.2, 0) is 19.1 Å². The van der Waals surface area contributed by atoms with Crippen molar-refractivity contribution in [3.63, 3.8) is 0 Å². The van der Waals surface area contributed by atoms with Crippen molar-refractivity contribution in [3.05, 3.63) is 35.9 Å². The molecule has 0 spiro atoms. The van der Waals surface area contributed by atoms with Gasteiger partial charge in [0.2, 0.25) is 0 Å². The lowest BCUT2D eigenvalue weighted by Gasteiger charge is -2.21. The molecule has 0 fully saturated rings. The van der Waals surface area contributed by atoms with E-state index in [1.54, 1.807) is 0 Å². The average Bonchev–Trinajstić information content (AvgIpc) is 2.43. The lowest BCUT2D eigenvalue weighted by molar-refractivity contribution is -0.152. The highest BCUT2D eigenvalue weighted by atomic mass is 16.5. The molecule has 4 nitrogen and oxygen atoms in total. The molecule has 4 heteroatoms. The summed E-state index contributed by atoms with van der Waals surface area (Å²) < 4.78 is 9.37. The summed E-state index contributed by atoms with van der Waals surface area (Å²) in [6, 6.07) is 9.57. The number of ether oxygens (including phenoxy) is 2. The Hall–Kier alpha value is -1.84. The van der Waals surface area contributed by atoms with Gasteiger partial charge < -0.3 is 9.47 Å². The molecule has 1 aromatic rings. The molecule has 2 unspecified atom stereocenters. The van der Waals surface area contributed by atoms with Gasteiger partial charge in [-0.3, -0.25) is 9.59 Å². The number of esters is 2. The van der Waals surface area contributed by atoms with Gasteiger partial charge in [0, 0.05) is 0 Å². The van der Waals surface area contributed by atoms with Crippen LogP contribution in [0.1, 0.15) is 24.8 Å². The van der Waals surface area contributed by atoms with Crippen molar-refractivity contribution in [2.75, 3.05) is 14.2 Å². The zero-order chi connectivity index (χ0) is 13.5. The van der Waals surface area contributed by atoms with Crippen molar-refractivity contribution in [3.8, 4) is 0 Å². The van der Waals surface area contributed by atoms with Gasteiger partial charge in [-0.2, -0.15) is 0 Å². The molecule has 0 heterocycles. The summed E-state index contributed by atoms with van der Waals surface area (Å²) in [6.45, 7) is 1.90. The molecule has 0 aliphatic rings. The van der Waals surface area contributed by atoms with E-state index in [0.29, 0.717) is 0 Å². The van der Waals surface area contributed by atoms with E-state index < -0.39 is 17.9 Å². The third kappa shape index (κ3) is 3.58. The Kier molecular flexibility index (Phi) is 5.36. The molecule has 0 saturated heterocycles. The van der Waals surface area contributed by atoms with Gasteiger partial charge in [0.05, 0.1) is 26.6 Å². The first-order valence-corrected chi connectivity index (χ1v) is 5.79. The van der Waals surface area contributed by atoms with E-state index in [1.807, 2.05) is 37.3 Å². The molecule has 18 heavy (non-hydrogen) atoms. The van der Waals surface area contributed by atoms with Crippen molar-refractivity contribution >= 4 is 11.9 Å². The van der Waals surface area contributed by atoms with Crippen LogP contribution in [0.5, 0.6) is 0 Å². The van der Waals surface area contributed by atoms with Gasteiger partial charge in [-0.15, -0.1) is 0 Å². The Morgan fingerprint density at radius 1 is 1.11 bits per heavy atom. The third-order valence-corrected chi connectivity index (χ3v) is 3.05. The maximum atomic E-state index is 11.7. The fourth-order valence-electron chi connectivity index (χ4n) is 1.87. The maximum Gasteiger partial charge on any atom is 0.309 e. The summed E-state index contributed by atoms with van der Waals surface area (Å²) in [6.07, 6.45) is 0.0270. The van der Waals surface area contributed by atoms with Crippen molar-refractivity contribution in [2.45, 2.75) is 19.3 Å². The van der Waals surface area contributed by atoms with Crippen molar-refractivity contribution in [1.82, 2.24) is 0 Å². The van der Waals surface area contributed by atoms with Gasteiger partial charge in [-0.25, -0.2) is 0 Å². The lowest BCUT2D eigenvalue weighted by atomic mass is 9.85. The van der Waals surface area contributed by atoms with Crippen molar-refractivity contribution < 1.29 is 19.1 Å². The smallest absolute Gasteiger partial charge is 0.309 e. The third-order valence-electron chi connectivity index (χ3n) is 3.05. The first-order chi connectivity index (χ1) is 8.60. The molecular weight excluding hydrogens is 232 g/mol. The molecule has 0 radical (unpaired) electrons. The molecule has 2 atom stereocenters. The minimum Gasteiger partial charge on any atom is -0.469 e. The van der Waals surface area contributed by atoms with Crippen molar-refractivity contribution in [2.24, 2.45) is 5.92 Å². The normalized spacial score (nSPS) is 13.5. The molecule has 1 rings (SSSR count). The summed E-state index contributed by atoms with van der Waals surface area (Å²) in [4.78, 5) is 23.1. The molecule has 0 bridgehead atoms. The summed E-state index contributed by atoms with van der Waals surface area (Å²) in [5, 5.41) is 0. The van der Waals surface area contributed by atoms with E-state index in [2.05, 4.69) is 4.74 Å². The zero-order valence-corrected chi connectivity index (χ0v) is 10.9. The minimum atomic E-state index is -0.523. The van der Waals surface area contributed by atoms with Gasteiger partial charge in [-0.05, 0) is 11.5 Å². The van der Waals surface area contributed by atoms with E-state index >= 15 is 0 Å². The second kappa shape index (κ2) is 6.79. The second-order valence-electron chi connectivity index (χ2n) is 4.11. The molecular formula is C14H18O4. The number of methoxy groups -OCH3 is 2. The van der Waals surface area contributed by atoms with Crippen LogP contribution >= 0.6 is 0 Å². The van der Waals surface area contributed by atoms with E-state index in [-0.39, 0.29) is 12.3 Å². The van der Waals surface area contributed by atoms with Gasteiger partial charge in [0.25, 0.3) is 0 Å². The first-order valence-electron chi connectivity index (χ1n) is 5.79. The van der Waals surface area contributed by atoms with E-state index in [1.165, 1.54) is 14.2 Å². The van der Waals surface area contributed by atoms with Gasteiger partial charge in [-0.1, -0.05) is 37.3 Å². The van der Waals surface area contributed by atoms with Crippen LogP contribution in [0.2, 0.25) is 0 Å². The molecule has 0 aliphatic heterocycles. The van der Waals surface area contributed by atoms with E-state index in [9.17, 15) is 9.59 Å². The second-order valence-corrected chi connectivity index (χ2v) is 4.11. The Balaban J connectivity index is 2.89. The van der Waals surface area contributed by atoms with Crippen LogP contribution in [0.15, 0.2) is 30.3 Å². The molecule has 0 aromatic heterocycles. The number of carbonyl (C=O) groups is 2. The van der Waals surface area contributed by atoms with Gasteiger partial charge in [0.1, 0.15) is 0 Å². The summed E-state index contributed by atoms with van der Waals surface area (Å²) in [7, 11) is 2.63. The summed E-state index contributed by atoms with van der Waals surface area (Å²) in [5.74, 6) is -1.42.